The van der Waals surface area contributed by atoms with E-state index in [9.17, 15) is 22.8 Å². The first kappa shape index (κ1) is 26.0. The number of hydrogen-bond acceptors (Lipinski definition) is 4. The number of rotatable bonds is 5. The summed E-state index contributed by atoms with van der Waals surface area (Å²) in [5.41, 5.74) is 3.03. The summed E-state index contributed by atoms with van der Waals surface area (Å²) in [5, 5.41) is 13.1. The molecule has 35 heavy (non-hydrogen) atoms. The number of carbonyl (C=O) groups is 3. The SMILES string of the molecule is CCc1cccc(NC(=O)N2CCC3(CC3C(=O)NCc3ccncc3)C2)c1.O=C(O)C(F)(F)F. The zero-order valence-electron chi connectivity index (χ0n) is 19.1. The van der Waals surface area contributed by atoms with E-state index < -0.39 is 12.1 Å². The molecule has 2 unspecified atom stereocenters. The van der Waals surface area contributed by atoms with Crippen LogP contribution in [0.15, 0.2) is 48.8 Å². The van der Waals surface area contributed by atoms with Gasteiger partial charge >= 0.3 is 18.2 Å². The second kappa shape index (κ2) is 10.7. The molecule has 1 saturated carbocycles. The molecule has 3 amide bonds. The topological polar surface area (TPSA) is 112 Å². The van der Waals surface area contributed by atoms with Crippen LogP contribution in [0.4, 0.5) is 23.7 Å². The summed E-state index contributed by atoms with van der Waals surface area (Å²) in [4.78, 5) is 39.9. The lowest BCUT2D eigenvalue weighted by Gasteiger charge is -2.18. The van der Waals surface area contributed by atoms with Gasteiger partial charge in [-0.05, 0) is 54.7 Å². The number of alkyl halides is 3. The van der Waals surface area contributed by atoms with Crippen molar-refractivity contribution in [3.05, 3.63) is 59.9 Å². The van der Waals surface area contributed by atoms with E-state index in [1.807, 2.05) is 35.2 Å². The maximum atomic E-state index is 12.6. The van der Waals surface area contributed by atoms with E-state index in [1.165, 1.54) is 5.56 Å². The monoisotopic (exact) mass is 492 g/mol. The lowest BCUT2D eigenvalue weighted by Crippen LogP contribution is -2.34. The Balaban J connectivity index is 0.000000429. The summed E-state index contributed by atoms with van der Waals surface area (Å²) < 4.78 is 31.7. The highest BCUT2D eigenvalue weighted by Gasteiger charge is 2.61. The fraction of sp³-hybridized carbons (Fsp3) is 0.417. The number of carbonyl (C=O) groups excluding carboxylic acids is 2. The van der Waals surface area contributed by atoms with Crippen molar-refractivity contribution in [2.24, 2.45) is 11.3 Å². The zero-order chi connectivity index (χ0) is 25.6. The predicted molar refractivity (Wildman–Crippen MR) is 121 cm³/mol. The van der Waals surface area contributed by atoms with Gasteiger partial charge in [-0.25, -0.2) is 9.59 Å². The van der Waals surface area contributed by atoms with Crippen LogP contribution >= 0.6 is 0 Å². The number of aliphatic carboxylic acids is 1. The highest BCUT2D eigenvalue weighted by molar-refractivity contribution is 5.90. The molecule has 0 bridgehead atoms. The first-order valence-electron chi connectivity index (χ1n) is 11.2. The van der Waals surface area contributed by atoms with Crippen LogP contribution in [0.1, 0.15) is 30.9 Å². The number of anilines is 1. The molecule has 2 heterocycles. The Labute approximate surface area is 200 Å². The smallest absolute Gasteiger partial charge is 0.475 e. The number of carboxylic acid groups (broad SMARTS) is 1. The Morgan fingerprint density at radius 1 is 1.17 bits per heavy atom. The highest BCUT2D eigenvalue weighted by atomic mass is 19.4. The number of nitrogens with one attached hydrogen (secondary N) is 2. The fourth-order valence-electron chi connectivity index (χ4n) is 4.12. The van der Waals surface area contributed by atoms with Gasteiger partial charge in [-0.2, -0.15) is 13.2 Å². The maximum Gasteiger partial charge on any atom is 0.490 e. The van der Waals surface area contributed by atoms with Crippen molar-refractivity contribution in [3.63, 3.8) is 0 Å². The molecular weight excluding hydrogens is 465 g/mol. The molecule has 1 aliphatic carbocycles. The molecule has 188 valence electrons. The highest BCUT2D eigenvalue weighted by Crippen LogP contribution is 2.58. The third-order valence-corrected chi connectivity index (χ3v) is 6.22. The lowest BCUT2D eigenvalue weighted by molar-refractivity contribution is -0.192. The van der Waals surface area contributed by atoms with Gasteiger partial charge in [0.25, 0.3) is 0 Å². The van der Waals surface area contributed by atoms with Crippen LogP contribution in [0.25, 0.3) is 0 Å². The summed E-state index contributed by atoms with van der Waals surface area (Å²) in [5.74, 6) is -2.65. The van der Waals surface area contributed by atoms with Crippen molar-refractivity contribution in [1.82, 2.24) is 15.2 Å². The molecule has 1 saturated heterocycles. The third kappa shape index (κ3) is 6.93. The van der Waals surface area contributed by atoms with Crippen LogP contribution in [-0.4, -0.2) is 52.2 Å². The van der Waals surface area contributed by atoms with Gasteiger partial charge in [-0.3, -0.25) is 9.78 Å². The van der Waals surface area contributed by atoms with Gasteiger partial charge < -0.3 is 20.6 Å². The molecule has 4 rings (SSSR count). The number of nitrogens with zero attached hydrogens (tertiary/aromatic N) is 2. The van der Waals surface area contributed by atoms with Gasteiger partial charge in [0.2, 0.25) is 5.91 Å². The normalized spacial score (nSPS) is 20.6. The van der Waals surface area contributed by atoms with E-state index in [2.05, 4.69) is 28.6 Å². The van der Waals surface area contributed by atoms with E-state index in [-0.39, 0.29) is 23.3 Å². The number of benzene rings is 1. The largest absolute Gasteiger partial charge is 0.490 e. The maximum absolute atomic E-state index is 12.6. The third-order valence-electron chi connectivity index (χ3n) is 6.22. The Bertz CT molecular complexity index is 1060. The Morgan fingerprint density at radius 3 is 2.49 bits per heavy atom. The molecule has 2 fully saturated rings. The average molecular weight is 492 g/mol. The van der Waals surface area contributed by atoms with E-state index in [1.54, 1.807) is 12.4 Å². The zero-order valence-corrected chi connectivity index (χ0v) is 19.1. The molecule has 11 heteroatoms. The second-order valence-electron chi connectivity index (χ2n) is 8.65. The van der Waals surface area contributed by atoms with Gasteiger partial charge in [-0.1, -0.05) is 19.1 Å². The van der Waals surface area contributed by atoms with Gasteiger partial charge in [0.15, 0.2) is 0 Å². The van der Waals surface area contributed by atoms with Crippen LogP contribution in [0.5, 0.6) is 0 Å². The van der Waals surface area contributed by atoms with E-state index in [0.29, 0.717) is 19.6 Å². The molecule has 2 atom stereocenters. The number of hydrogen-bond donors (Lipinski definition) is 3. The Morgan fingerprint density at radius 2 is 1.86 bits per heavy atom. The van der Waals surface area contributed by atoms with Gasteiger partial charge in [-0.15, -0.1) is 0 Å². The van der Waals surface area contributed by atoms with Crippen LogP contribution in [0.3, 0.4) is 0 Å². The summed E-state index contributed by atoms with van der Waals surface area (Å²) >= 11 is 0. The van der Waals surface area contributed by atoms with Crippen LogP contribution < -0.4 is 10.6 Å². The molecule has 1 spiro atoms. The number of likely N-dealkylation sites (tertiary alicyclic amines) is 1. The number of aryl methyl sites for hydroxylation is 1. The number of carboxylic acids is 1. The van der Waals surface area contributed by atoms with Crippen LogP contribution in [-0.2, 0) is 22.6 Å². The first-order chi connectivity index (χ1) is 16.5. The predicted octanol–water partition coefficient (Wildman–Crippen LogP) is 3.84. The molecule has 1 aliphatic heterocycles. The van der Waals surface area contributed by atoms with E-state index in [0.717, 1.165) is 30.5 Å². The molecular formula is C24H27F3N4O4. The number of pyridine rings is 1. The standard InChI is InChI=1S/C22H26N4O2.C2HF3O2/c1-2-16-4-3-5-18(12-16)25-21(28)26-11-8-22(15-26)13-19(22)20(27)24-14-17-6-9-23-10-7-17;3-2(4,5)1(6)7/h3-7,9-10,12,19H,2,8,11,13-15H2,1H3,(H,24,27)(H,25,28);(H,6,7). The van der Waals surface area contributed by atoms with Crippen molar-refractivity contribution >= 4 is 23.6 Å². The Hall–Kier alpha value is -3.63. The number of urea groups is 1. The van der Waals surface area contributed by atoms with Gasteiger partial charge in [0.05, 0.1) is 0 Å². The van der Waals surface area contributed by atoms with Crippen LogP contribution in [0.2, 0.25) is 0 Å². The van der Waals surface area contributed by atoms with Crippen molar-refractivity contribution in [3.8, 4) is 0 Å². The minimum absolute atomic E-state index is 0.00977. The lowest BCUT2D eigenvalue weighted by atomic mass is 10.0. The van der Waals surface area contributed by atoms with Gasteiger partial charge in [0, 0.05) is 49.0 Å². The second-order valence-corrected chi connectivity index (χ2v) is 8.65. The molecule has 1 aromatic heterocycles. The van der Waals surface area contributed by atoms with Gasteiger partial charge in [0.1, 0.15) is 0 Å². The number of aromatic nitrogens is 1. The minimum atomic E-state index is -5.08. The van der Waals surface area contributed by atoms with Crippen molar-refractivity contribution in [2.45, 2.75) is 38.9 Å². The van der Waals surface area contributed by atoms with E-state index in [4.69, 9.17) is 9.90 Å². The van der Waals surface area contributed by atoms with E-state index >= 15 is 0 Å². The molecule has 3 N–H and O–H groups in total. The van der Waals surface area contributed by atoms with Crippen LogP contribution in [0, 0.1) is 11.3 Å². The first-order valence-corrected chi connectivity index (χ1v) is 11.2. The minimum Gasteiger partial charge on any atom is -0.475 e. The van der Waals surface area contributed by atoms with Crippen molar-refractivity contribution in [1.29, 1.82) is 0 Å². The summed E-state index contributed by atoms with van der Waals surface area (Å²) in [7, 11) is 0. The molecule has 2 aromatic rings. The quantitative estimate of drug-likeness (QED) is 0.587. The summed E-state index contributed by atoms with van der Waals surface area (Å²) in [6, 6.07) is 11.7. The van der Waals surface area contributed by atoms with Crippen molar-refractivity contribution < 1.29 is 32.7 Å². The number of amides is 3. The summed E-state index contributed by atoms with van der Waals surface area (Å²) in [6.07, 6.45) is 1.06. The fourth-order valence-corrected chi connectivity index (χ4v) is 4.12. The number of halogens is 3. The average Bonchev–Trinajstić information content (AvgIpc) is 3.37. The molecule has 8 nitrogen and oxygen atoms in total. The van der Waals surface area contributed by atoms with Crippen molar-refractivity contribution in [2.75, 3.05) is 18.4 Å². The molecule has 2 aliphatic rings. The Kier molecular flexibility index (Phi) is 7.98. The molecule has 1 aromatic carbocycles. The molecule has 0 radical (unpaired) electrons. The summed E-state index contributed by atoms with van der Waals surface area (Å²) in [6.45, 7) is 3.97.